The van der Waals surface area contributed by atoms with Crippen LogP contribution >= 0.6 is 0 Å². The largest absolute Gasteiger partial charge is 0.359 e. The van der Waals surface area contributed by atoms with E-state index >= 15 is 0 Å². The van der Waals surface area contributed by atoms with Crippen molar-refractivity contribution in [3.63, 3.8) is 0 Å². The van der Waals surface area contributed by atoms with Gasteiger partial charge in [-0.2, -0.15) is 4.98 Å². The molecule has 0 amide bonds. The van der Waals surface area contributed by atoms with Gasteiger partial charge in [0.1, 0.15) is 0 Å². The van der Waals surface area contributed by atoms with Crippen LogP contribution in [0.3, 0.4) is 0 Å². The first kappa shape index (κ1) is 8.96. The quantitative estimate of drug-likeness (QED) is 0.771. The number of aromatic amines is 1. The minimum Gasteiger partial charge on any atom is -0.359 e. The van der Waals surface area contributed by atoms with Crippen molar-refractivity contribution in [3.8, 4) is 11.5 Å². The Balaban J connectivity index is 2.26. The lowest BCUT2D eigenvalue weighted by atomic mass is 10.2. The summed E-state index contributed by atoms with van der Waals surface area (Å²) in [6, 6.07) is 3.59. The number of hydrogen-bond donors (Lipinski definition) is 2. The number of H-pyrrole nitrogens is 1. The Morgan fingerprint density at radius 1 is 1.64 bits per heavy atom. The van der Waals surface area contributed by atoms with Gasteiger partial charge in [0.15, 0.2) is 0 Å². The molecule has 0 spiro atoms. The molecule has 0 aromatic carbocycles. The molecule has 14 heavy (non-hydrogen) atoms. The summed E-state index contributed by atoms with van der Waals surface area (Å²) in [5.74, 6) is 1.03. The van der Waals surface area contributed by atoms with Crippen molar-refractivity contribution in [2.45, 2.75) is 19.4 Å². The zero-order valence-electron chi connectivity index (χ0n) is 7.90. The standard InChI is InChI=1S/C9H12N4O/c1-2-6(10)9-12-8(13-14-9)7-4-3-5-11-7/h3-6,11H,2,10H2,1H3/t6-/m0/s1. The molecule has 0 unspecified atom stereocenters. The van der Waals surface area contributed by atoms with E-state index < -0.39 is 0 Å². The molecule has 5 nitrogen and oxygen atoms in total. The second kappa shape index (κ2) is 3.63. The topological polar surface area (TPSA) is 80.7 Å². The first-order chi connectivity index (χ1) is 6.81. The van der Waals surface area contributed by atoms with Crippen LogP contribution in [-0.2, 0) is 0 Å². The van der Waals surface area contributed by atoms with Gasteiger partial charge in [-0.05, 0) is 18.6 Å². The van der Waals surface area contributed by atoms with Gasteiger partial charge in [0.25, 0.3) is 0 Å². The Hall–Kier alpha value is -1.62. The third-order valence-corrected chi connectivity index (χ3v) is 2.04. The maximum absolute atomic E-state index is 5.75. The van der Waals surface area contributed by atoms with Gasteiger partial charge in [-0.1, -0.05) is 12.1 Å². The van der Waals surface area contributed by atoms with Crippen molar-refractivity contribution in [1.82, 2.24) is 15.1 Å². The summed E-state index contributed by atoms with van der Waals surface area (Å²) < 4.78 is 5.04. The van der Waals surface area contributed by atoms with E-state index in [4.69, 9.17) is 10.3 Å². The van der Waals surface area contributed by atoms with Gasteiger partial charge in [-0.3, -0.25) is 0 Å². The molecule has 2 aromatic heterocycles. The molecular formula is C9H12N4O. The second-order valence-corrected chi connectivity index (χ2v) is 3.05. The van der Waals surface area contributed by atoms with Gasteiger partial charge in [0, 0.05) is 6.20 Å². The summed E-state index contributed by atoms with van der Waals surface area (Å²) >= 11 is 0. The van der Waals surface area contributed by atoms with E-state index in [2.05, 4.69) is 15.1 Å². The van der Waals surface area contributed by atoms with Gasteiger partial charge in [0.05, 0.1) is 11.7 Å². The van der Waals surface area contributed by atoms with Crippen LogP contribution < -0.4 is 5.73 Å². The van der Waals surface area contributed by atoms with Crippen LogP contribution in [0.25, 0.3) is 11.5 Å². The van der Waals surface area contributed by atoms with Gasteiger partial charge >= 0.3 is 0 Å². The molecule has 0 aliphatic carbocycles. The van der Waals surface area contributed by atoms with Crippen molar-refractivity contribution in [2.24, 2.45) is 5.73 Å². The smallest absolute Gasteiger partial charge is 0.243 e. The Labute approximate surface area is 81.3 Å². The number of nitrogens with one attached hydrogen (secondary N) is 1. The normalized spacial score (nSPS) is 13.0. The molecule has 74 valence electrons. The minimum atomic E-state index is -0.175. The monoisotopic (exact) mass is 192 g/mol. The molecule has 0 bridgehead atoms. The summed E-state index contributed by atoms with van der Waals surface area (Å²) in [5.41, 5.74) is 6.59. The fraction of sp³-hybridized carbons (Fsp3) is 0.333. The van der Waals surface area contributed by atoms with Crippen molar-refractivity contribution >= 4 is 0 Å². The third-order valence-electron chi connectivity index (χ3n) is 2.04. The van der Waals surface area contributed by atoms with Crippen molar-refractivity contribution in [2.75, 3.05) is 0 Å². The Kier molecular flexibility index (Phi) is 2.32. The average Bonchev–Trinajstić information content (AvgIpc) is 2.86. The average molecular weight is 192 g/mol. The number of nitrogens with zero attached hydrogens (tertiary/aromatic N) is 2. The molecule has 1 atom stereocenters. The second-order valence-electron chi connectivity index (χ2n) is 3.05. The van der Waals surface area contributed by atoms with E-state index in [1.54, 1.807) is 0 Å². The Morgan fingerprint density at radius 3 is 3.14 bits per heavy atom. The summed E-state index contributed by atoms with van der Waals surface area (Å²) in [4.78, 5) is 7.19. The van der Waals surface area contributed by atoms with Crippen LogP contribution in [0, 0.1) is 0 Å². The summed E-state index contributed by atoms with van der Waals surface area (Å²) in [7, 11) is 0. The van der Waals surface area contributed by atoms with Crippen LogP contribution in [0.5, 0.6) is 0 Å². The van der Waals surface area contributed by atoms with E-state index in [-0.39, 0.29) is 6.04 Å². The molecule has 0 saturated carbocycles. The van der Waals surface area contributed by atoms with Gasteiger partial charge in [-0.25, -0.2) is 0 Å². The highest BCUT2D eigenvalue weighted by Gasteiger charge is 2.13. The van der Waals surface area contributed by atoms with E-state index in [9.17, 15) is 0 Å². The molecule has 2 rings (SSSR count). The van der Waals surface area contributed by atoms with Crippen LogP contribution in [0.4, 0.5) is 0 Å². The van der Waals surface area contributed by atoms with Crippen LogP contribution in [0.15, 0.2) is 22.9 Å². The first-order valence-corrected chi connectivity index (χ1v) is 4.54. The zero-order valence-corrected chi connectivity index (χ0v) is 7.90. The zero-order chi connectivity index (χ0) is 9.97. The lowest BCUT2D eigenvalue weighted by Crippen LogP contribution is -2.08. The molecule has 0 radical (unpaired) electrons. The third kappa shape index (κ3) is 1.54. The first-order valence-electron chi connectivity index (χ1n) is 4.54. The lowest BCUT2D eigenvalue weighted by Gasteiger charge is -1.98. The maximum atomic E-state index is 5.75. The lowest BCUT2D eigenvalue weighted by molar-refractivity contribution is 0.352. The molecule has 0 saturated heterocycles. The van der Waals surface area contributed by atoms with Crippen molar-refractivity contribution in [3.05, 3.63) is 24.2 Å². The number of hydrogen-bond acceptors (Lipinski definition) is 4. The molecule has 2 aromatic rings. The minimum absolute atomic E-state index is 0.175. The number of rotatable bonds is 3. The van der Waals surface area contributed by atoms with Gasteiger partial charge < -0.3 is 15.2 Å². The molecule has 5 heteroatoms. The fourth-order valence-electron chi connectivity index (χ4n) is 1.14. The van der Waals surface area contributed by atoms with Crippen LogP contribution in [0.1, 0.15) is 25.3 Å². The van der Waals surface area contributed by atoms with Crippen molar-refractivity contribution in [1.29, 1.82) is 0 Å². The molecule has 0 fully saturated rings. The molecule has 0 aliphatic rings. The molecule has 0 aliphatic heterocycles. The molecule has 2 heterocycles. The van der Waals surface area contributed by atoms with Gasteiger partial charge in [-0.15, -0.1) is 0 Å². The van der Waals surface area contributed by atoms with Crippen molar-refractivity contribution < 1.29 is 4.52 Å². The number of nitrogens with two attached hydrogens (primary N) is 1. The Bertz CT molecular complexity index is 393. The number of aromatic nitrogens is 3. The van der Waals surface area contributed by atoms with E-state index in [1.807, 2.05) is 25.3 Å². The van der Waals surface area contributed by atoms with E-state index in [1.165, 1.54) is 0 Å². The van der Waals surface area contributed by atoms with Crippen LogP contribution in [-0.4, -0.2) is 15.1 Å². The maximum Gasteiger partial charge on any atom is 0.243 e. The highest BCUT2D eigenvalue weighted by Crippen LogP contribution is 2.16. The fourth-order valence-corrected chi connectivity index (χ4v) is 1.14. The van der Waals surface area contributed by atoms with E-state index in [0.29, 0.717) is 11.7 Å². The van der Waals surface area contributed by atoms with Gasteiger partial charge in [0.2, 0.25) is 11.7 Å². The SMILES string of the molecule is CC[C@H](N)c1nc(-c2ccc[nH]2)no1. The molecule has 3 N–H and O–H groups in total. The Morgan fingerprint density at radius 2 is 2.50 bits per heavy atom. The molecular weight excluding hydrogens is 180 g/mol. The highest BCUT2D eigenvalue weighted by atomic mass is 16.5. The van der Waals surface area contributed by atoms with Crippen LogP contribution in [0.2, 0.25) is 0 Å². The summed E-state index contributed by atoms with van der Waals surface area (Å²) in [6.07, 6.45) is 2.59. The van der Waals surface area contributed by atoms with E-state index in [0.717, 1.165) is 12.1 Å². The predicted molar refractivity (Wildman–Crippen MR) is 51.3 cm³/mol. The summed E-state index contributed by atoms with van der Waals surface area (Å²) in [6.45, 7) is 1.98. The highest BCUT2D eigenvalue weighted by molar-refractivity contribution is 5.47. The summed E-state index contributed by atoms with van der Waals surface area (Å²) in [5, 5.41) is 3.83. The predicted octanol–water partition coefficient (Wildman–Crippen LogP) is 1.47.